The van der Waals surface area contributed by atoms with E-state index in [9.17, 15) is 19.2 Å². The summed E-state index contributed by atoms with van der Waals surface area (Å²) >= 11 is 0. The Balaban J connectivity index is 1.69. The van der Waals surface area contributed by atoms with Crippen LogP contribution >= 0.6 is 0 Å². The van der Waals surface area contributed by atoms with E-state index in [4.69, 9.17) is 4.74 Å². The molecule has 2 aromatic carbocycles. The number of carbonyl (C=O) groups is 4. The molecule has 7 nitrogen and oxygen atoms in total. The van der Waals surface area contributed by atoms with Crippen molar-refractivity contribution in [1.82, 2.24) is 4.90 Å². The number of aryl methyl sites for hydroxylation is 2. The molecule has 0 bridgehead atoms. The molecular weight excluding hydrogens is 396 g/mol. The Bertz CT molecular complexity index is 1060. The summed E-state index contributed by atoms with van der Waals surface area (Å²) in [6.07, 6.45) is 0.528. The second-order valence-electron chi connectivity index (χ2n) is 7.73. The van der Waals surface area contributed by atoms with Gasteiger partial charge >= 0.3 is 5.97 Å². The van der Waals surface area contributed by atoms with Crippen LogP contribution in [0.3, 0.4) is 0 Å². The topological polar surface area (TPSA) is 92.8 Å². The maximum absolute atomic E-state index is 12.6. The quantitative estimate of drug-likeness (QED) is 0.540. The Morgan fingerprint density at radius 3 is 2.42 bits per heavy atom. The first-order valence-corrected chi connectivity index (χ1v) is 10.3. The molecule has 31 heavy (non-hydrogen) atoms. The van der Waals surface area contributed by atoms with Crippen LogP contribution in [0.1, 0.15) is 68.9 Å². The van der Waals surface area contributed by atoms with Crippen molar-refractivity contribution in [2.45, 2.75) is 46.6 Å². The number of carbonyl (C=O) groups excluding carboxylic acids is 4. The van der Waals surface area contributed by atoms with Gasteiger partial charge in [0.25, 0.3) is 17.7 Å². The molecule has 0 saturated heterocycles. The van der Waals surface area contributed by atoms with Gasteiger partial charge in [0.2, 0.25) is 0 Å². The molecule has 1 atom stereocenters. The number of nitrogens with zero attached hydrogens (tertiary/aromatic N) is 1. The first kappa shape index (κ1) is 22.2. The fourth-order valence-electron chi connectivity index (χ4n) is 3.41. The monoisotopic (exact) mass is 422 g/mol. The zero-order valence-electron chi connectivity index (χ0n) is 18.2. The van der Waals surface area contributed by atoms with E-state index in [2.05, 4.69) is 5.32 Å². The molecule has 1 aliphatic rings. The molecule has 0 radical (unpaired) electrons. The molecule has 0 aromatic heterocycles. The maximum atomic E-state index is 12.6. The minimum atomic E-state index is -1.04. The lowest BCUT2D eigenvalue weighted by Crippen LogP contribution is -2.30. The number of ether oxygens (including phenoxy) is 1. The number of amides is 3. The third-order valence-corrected chi connectivity index (χ3v) is 5.23. The molecule has 0 saturated carbocycles. The van der Waals surface area contributed by atoms with E-state index in [1.54, 1.807) is 6.07 Å². The summed E-state index contributed by atoms with van der Waals surface area (Å²) in [6.45, 7) is 7.64. The Hall–Kier alpha value is -3.48. The lowest BCUT2D eigenvalue weighted by molar-refractivity contribution is -0.123. The lowest BCUT2D eigenvalue weighted by Gasteiger charge is -2.15. The highest BCUT2D eigenvalue weighted by molar-refractivity contribution is 6.22. The molecule has 2 aromatic rings. The van der Waals surface area contributed by atoms with Crippen molar-refractivity contribution in [2.24, 2.45) is 0 Å². The van der Waals surface area contributed by atoms with Crippen LogP contribution in [0.2, 0.25) is 0 Å². The van der Waals surface area contributed by atoms with Crippen LogP contribution in [-0.2, 0) is 9.53 Å². The van der Waals surface area contributed by atoms with Gasteiger partial charge in [-0.15, -0.1) is 0 Å². The number of anilines is 1. The molecule has 0 fully saturated rings. The van der Waals surface area contributed by atoms with E-state index >= 15 is 0 Å². The fraction of sp³-hybridized carbons (Fsp3) is 0.333. The molecule has 1 N–H and O–H groups in total. The molecule has 0 aliphatic carbocycles. The second kappa shape index (κ2) is 9.12. The minimum Gasteiger partial charge on any atom is -0.449 e. The number of benzene rings is 2. The van der Waals surface area contributed by atoms with Crippen molar-refractivity contribution in [3.05, 3.63) is 64.2 Å². The highest BCUT2D eigenvalue weighted by Crippen LogP contribution is 2.25. The number of fused-ring (bicyclic) bond motifs is 1. The number of rotatable bonds is 7. The van der Waals surface area contributed by atoms with Crippen molar-refractivity contribution in [3.63, 3.8) is 0 Å². The number of esters is 1. The van der Waals surface area contributed by atoms with Crippen LogP contribution in [0.15, 0.2) is 36.4 Å². The van der Waals surface area contributed by atoms with Crippen molar-refractivity contribution in [2.75, 3.05) is 11.9 Å². The van der Waals surface area contributed by atoms with Crippen LogP contribution in [0, 0.1) is 13.8 Å². The number of hydrogen-bond donors (Lipinski definition) is 1. The first-order valence-electron chi connectivity index (χ1n) is 10.3. The molecular formula is C24H26N2O5. The van der Waals surface area contributed by atoms with Gasteiger partial charge in [-0.1, -0.05) is 31.0 Å². The fourth-order valence-corrected chi connectivity index (χ4v) is 3.41. The van der Waals surface area contributed by atoms with Gasteiger partial charge in [0.15, 0.2) is 6.10 Å². The van der Waals surface area contributed by atoms with Crippen LogP contribution in [-0.4, -0.2) is 41.2 Å². The van der Waals surface area contributed by atoms with E-state index < -0.39 is 23.9 Å². The molecule has 162 valence electrons. The average Bonchev–Trinajstić information content (AvgIpc) is 2.97. The normalized spacial score (nSPS) is 13.7. The first-order chi connectivity index (χ1) is 14.7. The second-order valence-corrected chi connectivity index (χ2v) is 7.73. The van der Waals surface area contributed by atoms with Gasteiger partial charge in [-0.05, 0) is 57.0 Å². The predicted octanol–water partition coefficient (Wildman–Crippen LogP) is 3.88. The number of hydrogen-bond acceptors (Lipinski definition) is 5. The Morgan fingerprint density at radius 1 is 1.03 bits per heavy atom. The average molecular weight is 422 g/mol. The van der Waals surface area contributed by atoms with E-state index in [1.807, 2.05) is 32.9 Å². The number of nitrogens with one attached hydrogen (secondary N) is 1. The summed E-state index contributed by atoms with van der Waals surface area (Å²) < 4.78 is 5.29. The largest absolute Gasteiger partial charge is 0.449 e. The zero-order valence-corrected chi connectivity index (χ0v) is 18.2. The van der Waals surface area contributed by atoms with Gasteiger partial charge in [0.05, 0.1) is 16.7 Å². The summed E-state index contributed by atoms with van der Waals surface area (Å²) in [5.41, 5.74) is 3.20. The highest BCUT2D eigenvalue weighted by atomic mass is 16.5. The molecule has 0 spiro atoms. The van der Waals surface area contributed by atoms with Gasteiger partial charge in [0, 0.05) is 12.2 Å². The third kappa shape index (κ3) is 4.66. The predicted molar refractivity (Wildman–Crippen MR) is 116 cm³/mol. The van der Waals surface area contributed by atoms with Gasteiger partial charge in [-0.3, -0.25) is 19.3 Å². The highest BCUT2D eigenvalue weighted by Gasteiger charge is 2.35. The summed E-state index contributed by atoms with van der Waals surface area (Å²) in [5.74, 6) is -1.96. The van der Waals surface area contributed by atoms with E-state index in [0.29, 0.717) is 18.7 Å². The molecule has 1 heterocycles. The third-order valence-electron chi connectivity index (χ3n) is 5.23. The Kier molecular flexibility index (Phi) is 6.53. The van der Waals surface area contributed by atoms with Crippen LogP contribution in [0.5, 0.6) is 0 Å². The maximum Gasteiger partial charge on any atom is 0.338 e. The molecule has 1 unspecified atom stereocenters. The Labute approximate surface area is 181 Å². The van der Waals surface area contributed by atoms with E-state index in [0.717, 1.165) is 17.5 Å². The zero-order chi connectivity index (χ0) is 22.7. The molecule has 3 amide bonds. The number of unbranched alkanes of at least 4 members (excludes halogenated alkanes) is 1. The lowest BCUT2D eigenvalue weighted by atomic mass is 10.1. The summed E-state index contributed by atoms with van der Waals surface area (Å²) in [7, 11) is 0. The van der Waals surface area contributed by atoms with Gasteiger partial charge in [0.1, 0.15) is 0 Å². The summed E-state index contributed by atoms with van der Waals surface area (Å²) in [4.78, 5) is 51.2. The van der Waals surface area contributed by atoms with Crippen molar-refractivity contribution < 1.29 is 23.9 Å². The standard InChI is InChI=1S/C24H26N2O5/c1-5-6-11-26-22(28)18-9-8-17(13-19(18)23(26)29)24(30)31-16(4)21(27)25-20-10-7-14(2)12-15(20)3/h7-10,12-13,16H,5-6,11H2,1-4H3,(H,25,27). The van der Waals surface area contributed by atoms with Gasteiger partial charge in [-0.25, -0.2) is 4.79 Å². The van der Waals surface area contributed by atoms with Crippen LogP contribution < -0.4 is 5.32 Å². The smallest absolute Gasteiger partial charge is 0.338 e. The van der Waals surface area contributed by atoms with Gasteiger partial charge in [-0.2, -0.15) is 0 Å². The van der Waals surface area contributed by atoms with Crippen LogP contribution in [0.25, 0.3) is 0 Å². The van der Waals surface area contributed by atoms with Crippen molar-refractivity contribution >= 4 is 29.4 Å². The molecule has 7 heteroatoms. The molecule has 3 rings (SSSR count). The van der Waals surface area contributed by atoms with Crippen molar-refractivity contribution in [1.29, 1.82) is 0 Å². The number of imide groups is 1. The van der Waals surface area contributed by atoms with Gasteiger partial charge < -0.3 is 10.1 Å². The molecule has 1 aliphatic heterocycles. The van der Waals surface area contributed by atoms with Crippen molar-refractivity contribution in [3.8, 4) is 0 Å². The van der Waals surface area contributed by atoms with E-state index in [-0.39, 0.29) is 22.6 Å². The Morgan fingerprint density at radius 2 is 1.74 bits per heavy atom. The van der Waals surface area contributed by atoms with Crippen LogP contribution in [0.4, 0.5) is 5.69 Å². The van der Waals surface area contributed by atoms with E-state index in [1.165, 1.54) is 30.0 Å². The summed E-state index contributed by atoms with van der Waals surface area (Å²) in [6, 6.07) is 9.87. The SMILES string of the molecule is CCCCN1C(=O)c2ccc(C(=O)OC(C)C(=O)Nc3ccc(C)cc3C)cc2C1=O. The minimum absolute atomic E-state index is 0.114. The summed E-state index contributed by atoms with van der Waals surface area (Å²) in [5, 5.41) is 2.75.